The first kappa shape index (κ1) is 33.8. The van der Waals surface area contributed by atoms with Gasteiger partial charge in [0.15, 0.2) is 22.6 Å². The number of benzene rings is 1. The summed E-state index contributed by atoms with van der Waals surface area (Å²) in [6.07, 6.45) is 1.73. The normalized spacial score (nSPS) is 22.2. The van der Waals surface area contributed by atoms with Crippen LogP contribution in [0.5, 0.6) is 5.75 Å². The molecular formula is C35H35F4N9O4. The van der Waals surface area contributed by atoms with Gasteiger partial charge in [-0.1, -0.05) is 6.92 Å². The van der Waals surface area contributed by atoms with Crippen molar-refractivity contribution >= 4 is 40.2 Å². The van der Waals surface area contributed by atoms with Crippen LogP contribution in [-0.4, -0.2) is 84.1 Å². The Morgan fingerprint density at radius 3 is 2.46 bits per heavy atom. The summed E-state index contributed by atoms with van der Waals surface area (Å²) in [7, 11) is 0. The minimum absolute atomic E-state index is 0.0538. The van der Waals surface area contributed by atoms with Crippen LogP contribution in [0.4, 0.5) is 34.8 Å². The molecule has 2 N–H and O–H groups in total. The summed E-state index contributed by atoms with van der Waals surface area (Å²) < 4.78 is 55.7. The van der Waals surface area contributed by atoms with E-state index in [0.717, 1.165) is 25.5 Å². The summed E-state index contributed by atoms with van der Waals surface area (Å²) in [5.41, 5.74) is -0.790. The molecule has 2 saturated carbocycles. The second-order valence-corrected chi connectivity index (χ2v) is 13.8. The van der Waals surface area contributed by atoms with Gasteiger partial charge in [0.25, 0.3) is 5.91 Å². The number of amides is 2. The van der Waals surface area contributed by atoms with Crippen molar-refractivity contribution in [2.45, 2.75) is 76.8 Å². The molecule has 2 aliphatic carbocycles. The van der Waals surface area contributed by atoms with E-state index >= 15 is 0 Å². The maximum absolute atomic E-state index is 14.7. The number of fused-ring (bicyclic) bond motifs is 3. The van der Waals surface area contributed by atoms with Gasteiger partial charge >= 0.3 is 6.18 Å². The first-order valence-corrected chi connectivity index (χ1v) is 17.3. The van der Waals surface area contributed by atoms with Crippen molar-refractivity contribution in [2.24, 2.45) is 5.92 Å². The van der Waals surface area contributed by atoms with E-state index in [2.05, 4.69) is 25.2 Å². The zero-order valence-electron chi connectivity index (χ0n) is 28.3. The van der Waals surface area contributed by atoms with Crippen LogP contribution in [0, 0.1) is 18.7 Å². The highest BCUT2D eigenvalue weighted by molar-refractivity contribution is 5.96. The fourth-order valence-corrected chi connectivity index (χ4v) is 8.02. The van der Waals surface area contributed by atoms with E-state index in [4.69, 9.17) is 4.98 Å². The quantitative estimate of drug-likeness (QED) is 0.268. The Kier molecular flexibility index (Phi) is 8.06. The molecule has 0 radical (unpaired) electrons. The third kappa shape index (κ3) is 5.56. The molecule has 4 fully saturated rings. The third-order valence-electron chi connectivity index (χ3n) is 10.9. The zero-order valence-corrected chi connectivity index (χ0v) is 28.3. The highest BCUT2D eigenvalue weighted by Gasteiger charge is 2.49. The molecule has 8 rings (SSSR count). The van der Waals surface area contributed by atoms with Gasteiger partial charge in [0.05, 0.1) is 29.2 Å². The van der Waals surface area contributed by atoms with E-state index in [0.29, 0.717) is 54.1 Å². The van der Waals surface area contributed by atoms with Gasteiger partial charge in [-0.3, -0.25) is 14.4 Å². The summed E-state index contributed by atoms with van der Waals surface area (Å²) in [6, 6.07) is 1.66. The number of piperazine rings is 1. The van der Waals surface area contributed by atoms with Gasteiger partial charge in [-0.05, 0) is 63.1 Å². The Bertz CT molecular complexity index is 2190. The summed E-state index contributed by atoms with van der Waals surface area (Å²) in [5, 5.41) is 12.9. The molecule has 0 bridgehead atoms. The smallest absolute Gasteiger partial charge is 0.416 e. The second-order valence-electron chi connectivity index (χ2n) is 13.8. The van der Waals surface area contributed by atoms with Crippen LogP contribution in [0.25, 0.3) is 11.2 Å². The molecule has 13 nitrogen and oxygen atoms in total. The maximum Gasteiger partial charge on any atom is 0.416 e. The fourth-order valence-electron chi connectivity index (χ4n) is 8.02. The number of aromatic hydroxyl groups is 1. The number of nitrogens with zero attached hydrogens (tertiary/aromatic N) is 8. The van der Waals surface area contributed by atoms with Crippen molar-refractivity contribution in [3.8, 4) is 5.75 Å². The number of hydrogen-bond donors (Lipinski definition) is 2. The Morgan fingerprint density at radius 2 is 1.81 bits per heavy atom. The highest BCUT2D eigenvalue weighted by Crippen LogP contribution is 2.46. The van der Waals surface area contributed by atoms with E-state index in [-0.39, 0.29) is 65.3 Å². The highest BCUT2D eigenvalue weighted by atomic mass is 19.4. The monoisotopic (exact) mass is 721 g/mol. The predicted molar refractivity (Wildman–Crippen MR) is 181 cm³/mol. The zero-order chi connectivity index (χ0) is 36.6. The minimum atomic E-state index is -4.76. The Balaban J connectivity index is 1.17. The minimum Gasteiger partial charge on any atom is -0.504 e. The van der Waals surface area contributed by atoms with E-state index in [1.54, 1.807) is 22.6 Å². The number of aryl methyl sites for hydroxylation is 1. The molecule has 52 heavy (non-hydrogen) atoms. The lowest BCUT2D eigenvalue weighted by molar-refractivity contribution is -0.137. The molecule has 17 heteroatoms. The molecule has 0 unspecified atom stereocenters. The molecule has 3 aromatic heterocycles. The summed E-state index contributed by atoms with van der Waals surface area (Å²) >= 11 is 0. The average Bonchev–Trinajstić information content (AvgIpc) is 3.75. The molecule has 4 aliphatic rings. The number of alkyl halides is 3. The molecule has 1 aromatic carbocycles. The number of piperidine rings is 1. The molecule has 2 aliphatic heterocycles. The number of hydrogen-bond acceptors (Lipinski definition) is 10. The lowest BCUT2D eigenvalue weighted by Gasteiger charge is -2.54. The van der Waals surface area contributed by atoms with Crippen molar-refractivity contribution < 1.29 is 32.3 Å². The lowest BCUT2D eigenvalue weighted by atomic mass is 9.81. The number of anilines is 3. The van der Waals surface area contributed by atoms with Gasteiger partial charge in [0.2, 0.25) is 11.3 Å². The van der Waals surface area contributed by atoms with Gasteiger partial charge in [0.1, 0.15) is 30.2 Å². The van der Waals surface area contributed by atoms with Gasteiger partial charge in [-0.2, -0.15) is 13.2 Å². The van der Waals surface area contributed by atoms with Crippen LogP contribution in [0.2, 0.25) is 0 Å². The summed E-state index contributed by atoms with van der Waals surface area (Å²) in [6.45, 7) is 4.24. The Morgan fingerprint density at radius 1 is 1.02 bits per heavy atom. The molecule has 0 spiro atoms. The van der Waals surface area contributed by atoms with Gasteiger partial charge in [-0.25, -0.2) is 24.3 Å². The van der Waals surface area contributed by atoms with Crippen LogP contribution < -0.4 is 20.5 Å². The van der Waals surface area contributed by atoms with Crippen LogP contribution in [0.3, 0.4) is 0 Å². The fraction of sp³-hybridized carbons (Fsp3) is 0.457. The van der Waals surface area contributed by atoms with Crippen LogP contribution in [0.1, 0.15) is 60.0 Å². The Labute approximate surface area is 294 Å². The number of aromatic nitrogens is 5. The standard InChI is InChI=1S/C35H35F4N9O4/c1-3-22-30(46-10-11-47(24-7-6-23(24)46)34(52)29-31(50)17(2)41-16-42-29)32(51)28-33(40-14-26(44-28)45-9-8-18-12-25(18)45)48(22)15-27(49)43-21-5-4-19(13-20(21)36)35(37,38)39/h4-5,13-14,16,18,23-25,50H,3,6-12,15H2,1-2H3,(H,43,49)/t18-,23+,24+,25+/m1/s1. The van der Waals surface area contributed by atoms with Crippen molar-refractivity contribution in [3.63, 3.8) is 0 Å². The number of halogens is 4. The second kappa shape index (κ2) is 12.4. The van der Waals surface area contributed by atoms with Crippen molar-refractivity contribution in [1.29, 1.82) is 0 Å². The van der Waals surface area contributed by atoms with E-state index < -0.39 is 41.6 Å². The van der Waals surface area contributed by atoms with E-state index in [9.17, 15) is 37.1 Å². The lowest BCUT2D eigenvalue weighted by Crippen LogP contribution is -2.67. The number of pyridine rings is 1. The average molecular weight is 722 g/mol. The topological polar surface area (TPSA) is 150 Å². The maximum atomic E-state index is 14.7. The van der Waals surface area contributed by atoms with Gasteiger partial charge in [0, 0.05) is 37.4 Å². The summed E-state index contributed by atoms with van der Waals surface area (Å²) in [5.74, 6) is -1.56. The molecule has 272 valence electrons. The molecule has 2 saturated heterocycles. The van der Waals surface area contributed by atoms with E-state index in [1.165, 1.54) is 6.33 Å². The van der Waals surface area contributed by atoms with Crippen LogP contribution >= 0.6 is 0 Å². The van der Waals surface area contributed by atoms with Gasteiger partial charge < -0.3 is 29.7 Å². The Hall–Kier alpha value is -5.35. The largest absolute Gasteiger partial charge is 0.504 e. The number of carbonyl (C=O) groups is 2. The number of nitrogens with one attached hydrogen (secondary N) is 1. The molecule has 2 amide bonds. The number of carbonyl (C=O) groups excluding carboxylic acids is 2. The molecule has 4 atom stereocenters. The first-order chi connectivity index (χ1) is 24.8. The predicted octanol–water partition coefficient (Wildman–Crippen LogP) is 4.05. The third-order valence-corrected chi connectivity index (χ3v) is 10.9. The first-order valence-electron chi connectivity index (χ1n) is 17.3. The van der Waals surface area contributed by atoms with Crippen molar-refractivity contribution in [2.75, 3.05) is 34.8 Å². The summed E-state index contributed by atoms with van der Waals surface area (Å²) in [4.78, 5) is 65.0. The van der Waals surface area contributed by atoms with Crippen molar-refractivity contribution in [1.82, 2.24) is 29.4 Å². The molecule has 5 heterocycles. The molecule has 4 aromatic rings. The molecular weight excluding hydrogens is 686 g/mol. The SMILES string of the molecule is CCc1c(N2CCN(C(=O)c3ncnc(C)c3O)[C@H]3CC[C@@H]32)c(=O)c2nc(N3CC[C@@H]4C[C@@H]43)cnc2n1CC(=O)Nc1ccc(C(F)(F)F)cc1F. The van der Waals surface area contributed by atoms with E-state index in [1.807, 2.05) is 11.8 Å². The van der Waals surface area contributed by atoms with Gasteiger partial charge in [-0.15, -0.1) is 0 Å². The van der Waals surface area contributed by atoms with Crippen LogP contribution in [-0.2, 0) is 23.9 Å². The van der Waals surface area contributed by atoms with Crippen molar-refractivity contribution in [3.05, 3.63) is 69.4 Å². The number of rotatable bonds is 7. The van der Waals surface area contributed by atoms with Crippen LogP contribution in [0.15, 0.2) is 35.5 Å².